The Morgan fingerprint density at radius 3 is 2.20 bits per heavy atom. The molecule has 25 heteroatoms. The highest BCUT2D eigenvalue weighted by molar-refractivity contribution is 8.00. The number of aromatic nitrogens is 3. The van der Waals surface area contributed by atoms with Crippen molar-refractivity contribution in [1.82, 2.24) is 29.9 Å². The Morgan fingerprint density at radius 1 is 0.974 bits per heavy atom. The average molecular weight is 1130 g/mol. The van der Waals surface area contributed by atoms with Gasteiger partial charge in [-0.1, -0.05) is 36.9 Å². The van der Waals surface area contributed by atoms with Gasteiger partial charge in [-0.25, -0.2) is 22.9 Å². The number of nitrogens with zero attached hydrogens (tertiary/aromatic N) is 7. The number of aliphatic imine (C=N–C) groups is 1. The fourth-order valence-electron chi connectivity index (χ4n) is 9.63. The predicted molar refractivity (Wildman–Crippen MR) is 277 cm³/mol. The van der Waals surface area contributed by atoms with Crippen LogP contribution in [-0.2, 0) is 17.8 Å². The summed E-state index contributed by atoms with van der Waals surface area (Å²) in [6.07, 6.45) is -3.58. The molecule has 4 N–H and O–H groups in total. The number of benzene rings is 2. The Morgan fingerprint density at radius 2 is 1.61 bits per heavy atom. The van der Waals surface area contributed by atoms with Crippen LogP contribution in [0.5, 0.6) is 0 Å². The number of pyridine rings is 1. The number of amides is 3. The zero-order valence-electron chi connectivity index (χ0n) is 42.4. The quantitative estimate of drug-likeness (QED) is 0.0717. The number of nitrogens with two attached hydrogens (primary N) is 1. The number of anilines is 1. The van der Waals surface area contributed by atoms with Crippen LogP contribution in [0.25, 0.3) is 22.0 Å². The Kier molecular flexibility index (Phi) is 19.4. The van der Waals surface area contributed by atoms with Gasteiger partial charge in [0.2, 0.25) is 5.91 Å². The number of fused-ring (bicyclic) bond motifs is 1. The van der Waals surface area contributed by atoms with Gasteiger partial charge in [-0.05, 0) is 125 Å². The molecule has 2 aromatic heterocycles. The maximum atomic E-state index is 15.3. The number of likely N-dealkylation sites (tertiary alicyclic amines) is 2. The molecule has 1 unspecified atom stereocenters. The number of carbonyl (C=O) groups is 2. The monoisotopic (exact) mass is 1130 g/mol. The molecule has 7 rings (SSSR count). The smallest absolute Gasteiger partial charge is 0.400 e. The third kappa shape index (κ3) is 14.3. The van der Waals surface area contributed by atoms with Gasteiger partial charge in [0.25, 0.3) is 5.92 Å². The van der Waals surface area contributed by atoms with Crippen LogP contribution in [0.2, 0.25) is 5.02 Å². The van der Waals surface area contributed by atoms with Gasteiger partial charge in [0.15, 0.2) is 5.82 Å². The number of halogens is 11. The second-order valence-corrected chi connectivity index (χ2v) is 21.6. The molecule has 2 saturated heterocycles. The van der Waals surface area contributed by atoms with Crippen LogP contribution in [0.3, 0.4) is 0 Å². The number of rotatable bonds is 12. The van der Waals surface area contributed by atoms with Crippen LogP contribution >= 0.6 is 35.3 Å². The molecular formula is C51H58ClF10N9O3S2. The first-order chi connectivity index (χ1) is 35.7. The molecule has 1 aliphatic carbocycles. The summed E-state index contributed by atoms with van der Waals surface area (Å²) in [6.45, 7) is 4.59. The highest BCUT2D eigenvalue weighted by Crippen LogP contribution is 2.45. The molecule has 2 aromatic carbocycles. The second kappa shape index (κ2) is 24.6. The predicted octanol–water partition coefficient (Wildman–Crippen LogP) is 11.1. The number of aliphatic hydroxyl groups is 1. The fraction of sp³-hybridized carbons (Fsp3) is 0.510. The summed E-state index contributed by atoms with van der Waals surface area (Å²) in [7, 11) is 1.00. The van der Waals surface area contributed by atoms with E-state index in [1.165, 1.54) is 40.3 Å². The number of thioether (sulfide) groups is 1. The Hall–Kier alpha value is -5.22. The number of carbonyl (C=O) groups excluding carboxylic acids is 2. The van der Waals surface area contributed by atoms with Crippen LogP contribution in [0.4, 0.5) is 54.5 Å². The van der Waals surface area contributed by atoms with Crippen molar-refractivity contribution in [2.45, 2.75) is 107 Å². The summed E-state index contributed by atoms with van der Waals surface area (Å²) in [4.78, 5) is 41.0. The van der Waals surface area contributed by atoms with Crippen molar-refractivity contribution in [2.24, 2.45) is 16.6 Å². The number of allylic oxidation sites excluding steroid dienone is 2. The Bertz CT molecular complexity index is 2870. The second-order valence-electron chi connectivity index (χ2n) is 19.0. The average Bonchev–Trinajstić information content (AvgIpc) is 3.83. The topological polar surface area (TPSA) is 145 Å². The van der Waals surface area contributed by atoms with Crippen molar-refractivity contribution < 1.29 is 58.6 Å². The first-order valence-corrected chi connectivity index (χ1v) is 26.9. The lowest BCUT2D eigenvalue weighted by molar-refractivity contribution is -0.141. The summed E-state index contributed by atoms with van der Waals surface area (Å²) in [5.41, 5.74) is 0.790. The summed E-state index contributed by atoms with van der Waals surface area (Å²) in [5, 5.41) is 13.8. The first kappa shape index (κ1) is 60.0. The van der Waals surface area contributed by atoms with Crippen molar-refractivity contribution in [3.8, 4) is 23.0 Å². The van der Waals surface area contributed by atoms with E-state index in [1.807, 2.05) is 20.1 Å². The van der Waals surface area contributed by atoms with Crippen molar-refractivity contribution in [2.75, 3.05) is 56.7 Å². The number of hydrogen-bond acceptors (Lipinski definition) is 10. The minimum Gasteiger partial charge on any atom is -0.400 e. The fourth-order valence-corrected chi connectivity index (χ4v) is 10.6. The molecule has 414 valence electrons. The van der Waals surface area contributed by atoms with E-state index in [4.69, 9.17) is 27.4 Å². The number of alkyl halides is 8. The third-order valence-electron chi connectivity index (χ3n) is 13.2. The molecule has 3 fully saturated rings. The van der Waals surface area contributed by atoms with Crippen LogP contribution in [0.1, 0.15) is 82.3 Å². The van der Waals surface area contributed by atoms with Crippen molar-refractivity contribution in [1.29, 1.82) is 0 Å². The molecule has 4 heterocycles. The van der Waals surface area contributed by atoms with Gasteiger partial charge in [0.05, 0.1) is 32.4 Å². The van der Waals surface area contributed by atoms with Crippen LogP contribution in [0.15, 0.2) is 58.7 Å². The Balaban J connectivity index is 0.00000463. The van der Waals surface area contributed by atoms with Gasteiger partial charge in [0, 0.05) is 61.7 Å². The SMILES string of the molecule is CO.CSN(C(=O)N1CCC(N2CCCCC2)CC1)c1nn(CC(F)(F)F)c2c(-c3ccc(C#CC(C)(C)SC)nc3C(Cc3cc(F)cc(F)c3)NC(=O)CN=C3/C(=C(\N)C(F)(F)F)[C@@H](C)CC3(F)F)ccc(Cl)c12. The normalized spacial score (nSPS) is 19.2. The number of piperidine rings is 2. The van der Waals surface area contributed by atoms with E-state index in [9.17, 15) is 44.7 Å². The number of urea groups is 1. The highest BCUT2D eigenvalue weighted by atomic mass is 35.5. The molecule has 76 heavy (non-hydrogen) atoms. The molecule has 4 aromatic rings. The maximum Gasteiger partial charge on any atom is 0.431 e. The molecule has 3 amide bonds. The minimum atomic E-state index is -5.21. The summed E-state index contributed by atoms with van der Waals surface area (Å²) >= 11 is 9.22. The number of nitrogens with one attached hydrogen (secondary N) is 1. The van der Waals surface area contributed by atoms with Crippen molar-refractivity contribution >= 4 is 69.7 Å². The minimum absolute atomic E-state index is 0.00541. The van der Waals surface area contributed by atoms with Gasteiger partial charge in [0.1, 0.15) is 41.8 Å². The lowest BCUT2D eigenvalue weighted by Crippen LogP contribution is -2.50. The zero-order chi connectivity index (χ0) is 56.1. The molecule has 2 atom stereocenters. The third-order valence-corrected chi connectivity index (χ3v) is 15.4. The van der Waals surface area contributed by atoms with E-state index in [1.54, 1.807) is 11.2 Å². The number of hydrogen-bond donors (Lipinski definition) is 3. The number of aliphatic hydroxyl groups excluding tert-OH is 1. The van der Waals surface area contributed by atoms with E-state index in [0.29, 0.717) is 36.7 Å². The van der Waals surface area contributed by atoms with Crippen molar-refractivity contribution in [3.63, 3.8) is 0 Å². The highest BCUT2D eigenvalue weighted by Gasteiger charge is 2.52. The van der Waals surface area contributed by atoms with E-state index in [-0.39, 0.29) is 55.9 Å². The molecule has 1 saturated carbocycles. The summed E-state index contributed by atoms with van der Waals surface area (Å²) in [5.74, 6) is -2.72. The van der Waals surface area contributed by atoms with Gasteiger partial charge >= 0.3 is 18.4 Å². The van der Waals surface area contributed by atoms with E-state index < -0.39 is 101 Å². The molecular weight excluding hydrogens is 1080 g/mol. The van der Waals surface area contributed by atoms with Crippen molar-refractivity contribution in [3.05, 3.63) is 87.3 Å². The van der Waals surface area contributed by atoms with Gasteiger partial charge in [-0.2, -0.15) is 40.2 Å². The zero-order valence-corrected chi connectivity index (χ0v) is 44.8. The van der Waals surface area contributed by atoms with Gasteiger partial charge in [-0.15, -0.1) is 11.8 Å². The molecule has 0 bridgehead atoms. The summed E-state index contributed by atoms with van der Waals surface area (Å²) in [6, 6.07) is 6.33. The summed E-state index contributed by atoms with van der Waals surface area (Å²) < 4.78 is 147. The van der Waals surface area contributed by atoms with E-state index in [2.05, 4.69) is 32.1 Å². The van der Waals surface area contributed by atoms with Crippen LogP contribution in [0, 0.1) is 29.4 Å². The Labute approximate surface area is 447 Å². The molecule has 0 radical (unpaired) electrons. The van der Waals surface area contributed by atoms with E-state index in [0.717, 1.165) is 70.5 Å². The van der Waals surface area contributed by atoms with Crippen LogP contribution < -0.4 is 15.4 Å². The molecule has 3 aliphatic rings. The molecule has 2 aliphatic heterocycles. The van der Waals surface area contributed by atoms with Crippen LogP contribution in [-0.4, -0.2) is 129 Å². The lowest BCUT2D eigenvalue weighted by atomic mass is 9.93. The van der Waals surface area contributed by atoms with Gasteiger partial charge in [-0.3, -0.25) is 14.5 Å². The largest absolute Gasteiger partial charge is 0.431 e. The molecule has 0 spiro atoms. The lowest BCUT2D eigenvalue weighted by Gasteiger charge is -2.40. The van der Waals surface area contributed by atoms with Gasteiger partial charge < -0.3 is 26.0 Å². The standard InChI is InChI=1S/C50H54ClF10N9O2S2.CH4O/c1-28-25-48(54,55)44(39(28)43(62)50(59,60)61)63-26-38(71)65-37(23-29-21-30(52)24-31(53)22-29)41-34(10-9-32(64-41)13-16-47(2,3)73-4)35-11-12-36(51)40-42(35)69(27-49(56,57)58)66-45(40)70(74-5)46(72)68-19-14-33(15-20-68)67-17-7-6-8-18-67;1-2/h9-12,21-22,24,28,33,37H,6-8,14-15,17-20,23,25-27,62H2,1-5H3,(H,65,71);2H,1H3/b43-39-,63-44?;/t28-,37?;/m0./s1. The maximum absolute atomic E-state index is 15.3. The van der Waals surface area contributed by atoms with E-state index >= 15 is 8.78 Å². The first-order valence-electron chi connectivity index (χ1n) is 24.1. The molecule has 12 nitrogen and oxygen atoms in total.